The predicted octanol–water partition coefficient (Wildman–Crippen LogP) is -0.321. The van der Waals surface area contributed by atoms with Gasteiger partial charge in [-0.3, -0.25) is 4.99 Å². The summed E-state index contributed by atoms with van der Waals surface area (Å²) in [6.45, 7) is 0. The van der Waals surface area contributed by atoms with Crippen LogP contribution in [0.5, 0.6) is 0 Å². The molecule has 0 fully saturated rings. The molecule has 5 N–H and O–H groups in total. The Kier molecular flexibility index (Phi) is 3.08. The van der Waals surface area contributed by atoms with E-state index in [2.05, 4.69) is 15.3 Å². The van der Waals surface area contributed by atoms with Crippen LogP contribution in [0.4, 0.5) is 0 Å². The van der Waals surface area contributed by atoms with Crippen molar-refractivity contribution in [3.8, 4) is 0 Å². The predicted molar refractivity (Wildman–Crippen MR) is 54.1 cm³/mol. The summed E-state index contributed by atoms with van der Waals surface area (Å²) in [6, 6.07) is 0. The number of hydrogen-bond donors (Lipinski definition) is 3. The maximum atomic E-state index is 5.21. The van der Waals surface area contributed by atoms with E-state index in [4.69, 9.17) is 11.5 Å². The van der Waals surface area contributed by atoms with Gasteiger partial charge in [0.1, 0.15) is 0 Å². The highest BCUT2D eigenvalue weighted by Crippen LogP contribution is 2.04. The van der Waals surface area contributed by atoms with Gasteiger partial charge in [-0.25, -0.2) is 0 Å². The van der Waals surface area contributed by atoms with Crippen molar-refractivity contribution in [1.29, 1.82) is 0 Å². The highest BCUT2D eigenvalue weighted by molar-refractivity contribution is 5.94. The van der Waals surface area contributed by atoms with Gasteiger partial charge in [0.2, 0.25) is 5.96 Å². The van der Waals surface area contributed by atoms with Gasteiger partial charge in [0.25, 0.3) is 0 Å². The molecule has 0 unspecified atom stereocenters. The van der Waals surface area contributed by atoms with Gasteiger partial charge in [-0.05, 0) is 12.5 Å². The summed E-state index contributed by atoms with van der Waals surface area (Å²) in [4.78, 5) is 7.67. The smallest absolute Gasteiger partial charge is 0.225 e. The third-order valence-corrected chi connectivity index (χ3v) is 1.47. The molecule has 5 heteroatoms. The molecule has 0 spiro atoms. The Morgan fingerprint density at radius 3 is 2.77 bits per heavy atom. The third-order valence-electron chi connectivity index (χ3n) is 1.47. The fourth-order valence-corrected chi connectivity index (χ4v) is 0.936. The summed E-state index contributed by atoms with van der Waals surface area (Å²) in [6.07, 6.45) is 6.94. The zero-order chi connectivity index (χ0) is 9.68. The maximum Gasteiger partial charge on any atom is 0.225 e. The molecule has 5 nitrogen and oxygen atoms in total. The zero-order valence-electron chi connectivity index (χ0n) is 7.49. The summed E-state index contributed by atoms with van der Waals surface area (Å²) in [5.41, 5.74) is 11.4. The minimum atomic E-state index is -0.00400. The summed E-state index contributed by atoms with van der Waals surface area (Å²) >= 11 is 0. The highest BCUT2D eigenvalue weighted by Gasteiger charge is 2.00. The minimum Gasteiger partial charge on any atom is -0.370 e. The first-order valence-electron chi connectivity index (χ1n) is 3.92. The lowest BCUT2D eigenvalue weighted by Crippen LogP contribution is -2.28. The van der Waals surface area contributed by atoms with Crippen LogP contribution >= 0.6 is 0 Å². The largest absolute Gasteiger partial charge is 0.370 e. The number of guanidine groups is 2. The van der Waals surface area contributed by atoms with Crippen LogP contribution in [0.3, 0.4) is 0 Å². The third kappa shape index (κ3) is 2.98. The standard InChI is InChI=1S/C8H13N5/c1-11-8(13-7(9)10)12-6-4-2-3-5-6/h2,4-5H,3H2,1H3,(H5,9,10,11,12,13). The van der Waals surface area contributed by atoms with Crippen molar-refractivity contribution in [2.75, 3.05) is 7.05 Å². The first kappa shape index (κ1) is 9.31. The Morgan fingerprint density at radius 1 is 1.54 bits per heavy atom. The van der Waals surface area contributed by atoms with Crippen molar-refractivity contribution in [1.82, 2.24) is 5.32 Å². The molecule has 70 valence electrons. The Balaban J connectivity index is 2.60. The SMILES string of the molecule is CN=C(N=C(N)N)NC1=CCC=C1. The van der Waals surface area contributed by atoms with Gasteiger partial charge in [0, 0.05) is 12.7 Å². The quantitative estimate of drug-likeness (QED) is 0.380. The van der Waals surface area contributed by atoms with Crippen molar-refractivity contribution in [3.05, 3.63) is 23.9 Å². The molecule has 1 aliphatic carbocycles. The molecule has 0 aromatic carbocycles. The van der Waals surface area contributed by atoms with Crippen molar-refractivity contribution < 1.29 is 0 Å². The first-order chi connectivity index (χ1) is 6.22. The van der Waals surface area contributed by atoms with E-state index in [1.165, 1.54) is 0 Å². The van der Waals surface area contributed by atoms with E-state index in [-0.39, 0.29) is 5.96 Å². The van der Waals surface area contributed by atoms with Crippen molar-refractivity contribution in [2.45, 2.75) is 6.42 Å². The second-order valence-electron chi connectivity index (χ2n) is 2.51. The molecule has 0 aromatic rings. The Bertz CT molecular complexity index is 294. The van der Waals surface area contributed by atoms with Gasteiger partial charge in [0.05, 0.1) is 0 Å². The molecule has 0 heterocycles. The summed E-state index contributed by atoms with van der Waals surface area (Å²) in [5.74, 6) is 0.411. The molecule has 1 aliphatic rings. The summed E-state index contributed by atoms with van der Waals surface area (Å²) < 4.78 is 0. The maximum absolute atomic E-state index is 5.21. The minimum absolute atomic E-state index is 0.00400. The monoisotopic (exact) mass is 179 g/mol. The lowest BCUT2D eigenvalue weighted by Gasteiger charge is -2.03. The molecule has 0 aliphatic heterocycles. The van der Waals surface area contributed by atoms with Gasteiger partial charge in [-0.15, -0.1) is 0 Å². The van der Waals surface area contributed by atoms with Crippen LogP contribution in [0.1, 0.15) is 6.42 Å². The van der Waals surface area contributed by atoms with Crippen molar-refractivity contribution in [2.24, 2.45) is 21.5 Å². The number of aliphatic imine (C=N–C) groups is 2. The van der Waals surface area contributed by atoms with E-state index in [9.17, 15) is 0 Å². The van der Waals surface area contributed by atoms with Crippen LogP contribution in [0.25, 0.3) is 0 Å². The Hall–Kier alpha value is -1.78. The number of nitrogens with two attached hydrogens (primary N) is 2. The second kappa shape index (κ2) is 4.30. The fraction of sp³-hybridized carbons (Fsp3) is 0.250. The Morgan fingerprint density at radius 2 is 2.31 bits per heavy atom. The number of allylic oxidation sites excluding steroid dienone is 3. The van der Waals surface area contributed by atoms with Crippen LogP contribution in [-0.2, 0) is 0 Å². The number of hydrogen-bond acceptors (Lipinski definition) is 1. The molecule has 0 saturated carbocycles. The van der Waals surface area contributed by atoms with Crippen LogP contribution in [0.2, 0.25) is 0 Å². The molecule has 0 aromatic heterocycles. The van der Waals surface area contributed by atoms with Crippen LogP contribution in [-0.4, -0.2) is 19.0 Å². The van der Waals surface area contributed by atoms with Gasteiger partial charge < -0.3 is 16.8 Å². The molecule has 0 saturated heterocycles. The second-order valence-corrected chi connectivity index (χ2v) is 2.51. The van der Waals surface area contributed by atoms with E-state index in [1.54, 1.807) is 7.05 Å². The molecule has 1 rings (SSSR count). The number of rotatable bonds is 1. The molecular formula is C8H13N5. The average Bonchev–Trinajstić information content (AvgIpc) is 2.55. The van der Waals surface area contributed by atoms with E-state index >= 15 is 0 Å². The summed E-state index contributed by atoms with van der Waals surface area (Å²) in [5, 5.41) is 2.97. The molecule has 0 radical (unpaired) electrons. The number of nitrogens with one attached hydrogen (secondary N) is 1. The molecular weight excluding hydrogens is 166 g/mol. The van der Waals surface area contributed by atoms with E-state index < -0.39 is 0 Å². The highest BCUT2D eigenvalue weighted by atomic mass is 15.2. The Labute approximate surface area is 76.9 Å². The van der Waals surface area contributed by atoms with Crippen molar-refractivity contribution >= 4 is 11.9 Å². The van der Waals surface area contributed by atoms with Gasteiger partial charge in [-0.2, -0.15) is 4.99 Å². The molecule has 0 atom stereocenters. The molecule has 13 heavy (non-hydrogen) atoms. The summed E-state index contributed by atoms with van der Waals surface area (Å²) in [7, 11) is 1.62. The van der Waals surface area contributed by atoms with E-state index in [0.717, 1.165) is 12.1 Å². The van der Waals surface area contributed by atoms with Gasteiger partial charge >= 0.3 is 0 Å². The van der Waals surface area contributed by atoms with Crippen LogP contribution in [0, 0.1) is 0 Å². The van der Waals surface area contributed by atoms with E-state index in [1.807, 2.05) is 18.2 Å². The van der Waals surface area contributed by atoms with Gasteiger partial charge in [0.15, 0.2) is 5.96 Å². The first-order valence-corrected chi connectivity index (χ1v) is 3.92. The fourth-order valence-electron chi connectivity index (χ4n) is 0.936. The topological polar surface area (TPSA) is 88.8 Å². The van der Waals surface area contributed by atoms with E-state index in [0.29, 0.717) is 5.96 Å². The van der Waals surface area contributed by atoms with Crippen molar-refractivity contribution in [3.63, 3.8) is 0 Å². The number of nitrogens with zero attached hydrogens (tertiary/aromatic N) is 2. The van der Waals surface area contributed by atoms with Crippen LogP contribution < -0.4 is 16.8 Å². The zero-order valence-corrected chi connectivity index (χ0v) is 7.49. The molecule has 0 amide bonds. The van der Waals surface area contributed by atoms with Gasteiger partial charge in [-0.1, -0.05) is 12.2 Å². The lowest BCUT2D eigenvalue weighted by molar-refractivity contribution is 1.13. The normalized spacial score (nSPS) is 15.5. The lowest BCUT2D eigenvalue weighted by atomic mass is 10.4. The molecule has 0 bridgehead atoms. The average molecular weight is 179 g/mol. The van der Waals surface area contributed by atoms with Crippen LogP contribution in [0.15, 0.2) is 33.9 Å².